The highest BCUT2D eigenvalue weighted by atomic mass is 35.5. The molecule has 1 aliphatic heterocycles. The number of rotatable bonds is 3. The summed E-state index contributed by atoms with van der Waals surface area (Å²) in [6, 6.07) is 1.72. The number of carbonyl (C=O) groups is 2. The number of nitrogens with one attached hydrogen (secondary N) is 2. The van der Waals surface area contributed by atoms with E-state index in [2.05, 4.69) is 10.3 Å². The van der Waals surface area contributed by atoms with Crippen LogP contribution in [0.1, 0.15) is 37.2 Å². The van der Waals surface area contributed by atoms with Gasteiger partial charge in [0.15, 0.2) is 0 Å². The molecule has 0 aliphatic carbocycles. The fraction of sp³-hybridized carbons (Fsp3) is 0.571. The summed E-state index contributed by atoms with van der Waals surface area (Å²) in [4.78, 5) is 28.5. The van der Waals surface area contributed by atoms with Crippen LogP contribution in [0.25, 0.3) is 0 Å². The van der Waals surface area contributed by atoms with Crippen molar-refractivity contribution in [3.8, 4) is 0 Å². The van der Waals surface area contributed by atoms with E-state index in [4.69, 9.17) is 11.6 Å². The first-order valence-corrected chi connectivity index (χ1v) is 7.28. The SMILES string of the molecule is CC(C)C(=O)N1CCC(NC(=O)c2cc(Cl)c[nH]2)CC1. The standard InChI is InChI=1S/C14H20ClN3O2/c1-9(2)14(20)18-5-3-11(4-6-18)17-13(19)12-7-10(15)8-16-12/h7-9,11,16H,3-6H2,1-2H3,(H,17,19). The van der Waals surface area contributed by atoms with Gasteiger partial charge in [-0.1, -0.05) is 25.4 Å². The highest BCUT2D eigenvalue weighted by molar-refractivity contribution is 6.30. The Kier molecular flexibility index (Phi) is 4.70. The highest BCUT2D eigenvalue weighted by Crippen LogP contribution is 2.15. The molecule has 0 bridgehead atoms. The maximum atomic E-state index is 12.0. The molecule has 2 rings (SSSR count). The molecule has 0 unspecified atom stereocenters. The Hall–Kier alpha value is -1.49. The first-order chi connectivity index (χ1) is 9.47. The largest absolute Gasteiger partial charge is 0.356 e. The number of aromatic nitrogens is 1. The second kappa shape index (κ2) is 6.31. The van der Waals surface area contributed by atoms with Crippen molar-refractivity contribution >= 4 is 23.4 Å². The fourth-order valence-corrected chi connectivity index (χ4v) is 2.54. The van der Waals surface area contributed by atoms with E-state index < -0.39 is 0 Å². The van der Waals surface area contributed by atoms with Crippen LogP contribution in [0.5, 0.6) is 0 Å². The van der Waals surface area contributed by atoms with Crippen LogP contribution in [0.15, 0.2) is 12.3 Å². The topological polar surface area (TPSA) is 65.2 Å². The Balaban J connectivity index is 1.83. The molecule has 20 heavy (non-hydrogen) atoms. The summed E-state index contributed by atoms with van der Waals surface area (Å²) in [7, 11) is 0. The van der Waals surface area contributed by atoms with Crippen molar-refractivity contribution < 1.29 is 9.59 Å². The van der Waals surface area contributed by atoms with Crippen LogP contribution in [-0.2, 0) is 4.79 Å². The number of hydrogen-bond acceptors (Lipinski definition) is 2. The number of likely N-dealkylation sites (tertiary alicyclic amines) is 1. The van der Waals surface area contributed by atoms with E-state index in [1.54, 1.807) is 12.3 Å². The Morgan fingerprint density at radius 2 is 2.05 bits per heavy atom. The highest BCUT2D eigenvalue weighted by Gasteiger charge is 2.25. The average molecular weight is 298 g/mol. The van der Waals surface area contributed by atoms with Crippen molar-refractivity contribution in [1.82, 2.24) is 15.2 Å². The summed E-state index contributed by atoms with van der Waals surface area (Å²) in [6.45, 7) is 5.22. The van der Waals surface area contributed by atoms with Gasteiger partial charge in [-0.05, 0) is 18.9 Å². The first-order valence-electron chi connectivity index (χ1n) is 6.91. The second-order valence-electron chi connectivity index (χ2n) is 5.46. The van der Waals surface area contributed by atoms with Crippen molar-refractivity contribution in [3.63, 3.8) is 0 Å². The third-order valence-electron chi connectivity index (χ3n) is 3.53. The Bertz CT molecular complexity index is 490. The molecule has 2 N–H and O–H groups in total. The molecule has 0 radical (unpaired) electrons. The van der Waals surface area contributed by atoms with Crippen LogP contribution in [0, 0.1) is 5.92 Å². The minimum atomic E-state index is -0.148. The number of nitrogens with zero attached hydrogens (tertiary/aromatic N) is 1. The molecule has 5 nitrogen and oxygen atoms in total. The molecule has 2 amide bonds. The summed E-state index contributed by atoms with van der Waals surface area (Å²) in [5.41, 5.74) is 0.468. The molecule has 0 aromatic carbocycles. The summed E-state index contributed by atoms with van der Waals surface area (Å²) in [5.74, 6) is 0.0682. The van der Waals surface area contributed by atoms with Crippen molar-refractivity contribution in [2.75, 3.05) is 13.1 Å². The van der Waals surface area contributed by atoms with E-state index in [-0.39, 0.29) is 23.8 Å². The molecule has 1 aromatic heterocycles. The fourth-order valence-electron chi connectivity index (χ4n) is 2.37. The molecule has 0 saturated carbocycles. The zero-order valence-corrected chi connectivity index (χ0v) is 12.5. The van der Waals surface area contributed by atoms with Crippen LogP contribution >= 0.6 is 11.6 Å². The van der Waals surface area contributed by atoms with E-state index in [1.807, 2.05) is 18.7 Å². The first kappa shape index (κ1) is 14.9. The van der Waals surface area contributed by atoms with Crippen molar-refractivity contribution in [2.45, 2.75) is 32.7 Å². The predicted molar refractivity (Wildman–Crippen MR) is 77.7 cm³/mol. The second-order valence-corrected chi connectivity index (χ2v) is 5.90. The summed E-state index contributed by atoms with van der Waals surface area (Å²) < 4.78 is 0. The summed E-state index contributed by atoms with van der Waals surface area (Å²) in [6.07, 6.45) is 3.16. The lowest BCUT2D eigenvalue weighted by Gasteiger charge is -2.33. The molecule has 1 aromatic rings. The Labute approximate surface area is 123 Å². The van der Waals surface area contributed by atoms with Gasteiger partial charge in [0.1, 0.15) is 5.69 Å². The number of amides is 2. The van der Waals surface area contributed by atoms with Gasteiger partial charge in [-0.2, -0.15) is 0 Å². The van der Waals surface area contributed by atoms with Crippen LogP contribution in [0.4, 0.5) is 0 Å². The molecular weight excluding hydrogens is 278 g/mol. The zero-order valence-electron chi connectivity index (χ0n) is 11.8. The number of H-pyrrole nitrogens is 1. The number of piperidine rings is 1. The van der Waals surface area contributed by atoms with Gasteiger partial charge in [0.2, 0.25) is 5.91 Å². The zero-order chi connectivity index (χ0) is 14.7. The van der Waals surface area contributed by atoms with Gasteiger partial charge in [0.25, 0.3) is 5.91 Å². The van der Waals surface area contributed by atoms with E-state index in [1.165, 1.54) is 0 Å². The minimum absolute atomic E-state index is 0.0298. The Morgan fingerprint density at radius 1 is 1.40 bits per heavy atom. The molecule has 110 valence electrons. The summed E-state index contributed by atoms with van der Waals surface area (Å²) >= 11 is 5.78. The monoisotopic (exact) mass is 297 g/mol. The molecule has 0 atom stereocenters. The lowest BCUT2D eigenvalue weighted by Crippen LogP contribution is -2.47. The minimum Gasteiger partial charge on any atom is -0.356 e. The van der Waals surface area contributed by atoms with Gasteiger partial charge >= 0.3 is 0 Å². The molecule has 1 fully saturated rings. The molecule has 0 spiro atoms. The molecule has 2 heterocycles. The number of aromatic amines is 1. The van der Waals surface area contributed by atoms with Gasteiger partial charge in [0, 0.05) is 31.2 Å². The van der Waals surface area contributed by atoms with Crippen LogP contribution in [0.3, 0.4) is 0 Å². The lowest BCUT2D eigenvalue weighted by atomic mass is 10.0. The van der Waals surface area contributed by atoms with Crippen LogP contribution in [0.2, 0.25) is 5.02 Å². The van der Waals surface area contributed by atoms with Gasteiger partial charge in [-0.25, -0.2) is 0 Å². The maximum Gasteiger partial charge on any atom is 0.267 e. The van der Waals surface area contributed by atoms with Gasteiger partial charge in [-0.15, -0.1) is 0 Å². The lowest BCUT2D eigenvalue weighted by molar-refractivity contribution is -0.135. The van der Waals surface area contributed by atoms with E-state index in [0.29, 0.717) is 23.8 Å². The molecule has 6 heteroatoms. The van der Waals surface area contributed by atoms with Gasteiger partial charge in [0.05, 0.1) is 5.02 Å². The number of hydrogen-bond donors (Lipinski definition) is 2. The number of carbonyl (C=O) groups excluding carboxylic acids is 2. The van der Waals surface area contributed by atoms with E-state index in [0.717, 1.165) is 12.8 Å². The van der Waals surface area contributed by atoms with Gasteiger partial charge < -0.3 is 15.2 Å². The normalized spacial score (nSPS) is 16.5. The van der Waals surface area contributed by atoms with Crippen LogP contribution < -0.4 is 5.32 Å². The third kappa shape index (κ3) is 3.54. The van der Waals surface area contributed by atoms with E-state index in [9.17, 15) is 9.59 Å². The quantitative estimate of drug-likeness (QED) is 0.897. The molecule has 1 aliphatic rings. The number of halogens is 1. The molecule has 1 saturated heterocycles. The Morgan fingerprint density at radius 3 is 2.55 bits per heavy atom. The third-order valence-corrected chi connectivity index (χ3v) is 3.75. The van der Waals surface area contributed by atoms with Crippen molar-refractivity contribution in [2.24, 2.45) is 5.92 Å². The predicted octanol–water partition coefficient (Wildman–Crippen LogP) is 2.04. The van der Waals surface area contributed by atoms with E-state index >= 15 is 0 Å². The van der Waals surface area contributed by atoms with Gasteiger partial charge in [-0.3, -0.25) is 9.59 Å². The van der Waals surface area contributed by atoms with Crippen LogP contribution in [-0.4, -0.2) is 40.8 Å². The summed E-state index contributed by atoms with van der Waals surface area (Å²) in [5, 5.41) is 3.49. The molecular formula is C14H20ClN3O2. The average Bonchev–Trinajstić information content (AvgIpc) is 2.85. The smallest absolute Gasteiger partial charge is 0.267 e. The van der Waals surface area contributed by atoms with Crippen molar-refractivity contribution in [1.29, 1.82) is 0 Å². The van der Waals surface area contributed by atoms with Crippen molar-refractivity contribution in [3.05, 3.63) is 23.0 Å². The maximum absolute atomic E-state index is 12.0.